The molecular formula is C20H21F3N6O. The monoisotopic (exact) mass is 418 g/mol. The number of nitroso groups, excluding NO2 is 1. The lowest BCUT2D eigenvalue weighted by atomic mass is 9.95. The zero-order valence-electron chi connectivity index (χ0n) is 17.0. The van der Waals surface area contributed by atoms with Crippen molar-refractivity contribution in [3.8, 4) is 5.69 Å². The Bertz CT molecular complexity index is 1040. The second-order valence-corrected chi connectivity index (χ2v) is 7.22. The number of nitrogens with zero attached hydrogens (tertiary/aromatic N) is 6. The molecule has 2 aromatic carbocycles. The minimum absolute atomic E-state index is 0.000213. The molecule has 0 aliphatic rings. The van der Waals surface area contributed by atoms with Crippen LogP contribution in [0.1, 0.15) is 42.8 Å². The molecule has 3 rings (SSSR count). The van der Waals surface area contributed by atoms with Crippen molar-refractivity contribution >= 4 is 5.69 Å². The first-order valence-corrected chi connectivity index (χ1v) is 9.29. The number of para-hydroxylation sites is 1. The second-order valence-electron chi connectivity index (χ2n) is 7.22. The van der Waals surface area contributed by atoms with Crippen molar-refractivity contribution < 1.29 is 13.2 Å². The number of rotatable bonds is 6. The van der Waals surface area contributed by atoms with E-state index in [1.807, 2.05) is 32.0 Å². The van der Waals surface area contributed by atoms with Crippen LogP contribution in [-0.4, -0.2) is 20.2 Å². The molecule has 7 nitrogen and oxygen atoms in total. The molecule has 0 radical (unpaired) electrons. The van der Waals surface area contributed by atoms with Gasteiger partial charge in [-0.15, -0.1) is 10.0 Å². The average molecular weight is 418 g/mol. The number of benzene rings is 2. The van der Waals surface area contributed by atoms with Crippen molar-refractivity contribution in [2.45, 2.75) is 45.8 Å². The first-order chi connectivity index (χ1) is 14.1. The van der Waals surface area contributed by atoms with Gasteiger partial charge in [-0.25, -0.2) is 5.01 Å². The molecule has 0 bridgehead atoms. The summed E-state index contributed by atoms with van der Waals surface area (Å²) in [4.78, 5) is 11.9. The Morgan fingerprint density at radius 2 is 1.73 bits per heavy atom. The van der Waals surface area contributed by atoms with E-state index >= 15 is 0 Å². The lowest BCUT2D eigenvalue weighted by Gasteiger charge is -2.35. The van der Waals surface area contributed by atoms with Gasteiger partial charge in [0, 0.05) is 0 Å². The maximum Gasteiger partial charge on any atom is 0.416 e. The van der Waals surface area contributed by atoms with Gasteiger partial charge in [0.1, 0.15) is 5.54 Å². The Balaban J connectivity index is 2.17. The lowest BCUT2D eigenvalue weighted by Crippen LogP contribution is -2.42. The third kappa shape index (κ3) is 3.64. The standard InChI is InChI=1S/C20H21F3N6O/c1-5-19(4,29(27-30)16-11-7-10-15(12-16)20(21,22)23)18-24-25-26-28(18)17-13(2)8-6-9-14(17)3/h6-12H,5H2,1-4H3/t19-/m0/s1. The van der Waals surface area contributed by atoms with E-state index in [9.17, 15) is 18.1 Å². The smallest absolute Gasteiger partial charge is 0.216 e. The number of hydrogen-bond donors (Lipinski definition) is 0. The molecule has 0 unspecified atom stereocenters. The molecule has 158 valence electrons. The average Bonchev–Trinajstić information content (AvgIpc) is 3.18. The van der Waals surface area contributed by atoms with Crippen molar-refractivity contribution in [1.82, 2.24) is 20.2 Å². The van der Waals surface area contributed by atoms with E-state index in [1.54, 1.807) is 13.8 Å². The summed E-state index contributed by atoms with van der Waals surface area (Å²) >= 11 is 0. The number of aryl methyl sites for hydroxylation is 2. The van der Waals surface area contributed by atoms with Gasteiger partial charge in [0.2, 0.25) is 0 Å². The van der Waals surface area contributed by atoms with Gasteiger partial charge in [0.15, 0.2) is 5.82 Å². The molecule has 30 heavy (non-hydrogen) atoms. The topological polar surface area (TPSA) is 76.3 Å². The zero-order chi connectivity index (χ0) is 22.1. The molecule has 3 aromatic rings. The first-order valence-electron chi connectivity index (χ1n) is 9.29. The van der Waals surface area contributed by atoms with Gasteiger partial charge < -0.3 is 0 Å². The molecule has 0 aliphatic carbocycles. The van der Waals surface area contributed by atoms with Crippen LogP contribution in [0.15, 0.2) is 47.8 Å². The fourth-order valence-corrected chi connectivity index (χ4v) is 3.45. The minimum atomic E-state index is -4.55. The largest absolute Gasteiger partial charge is 0.416 e. The third-order valence-corrected chi connectivity index (χ3v) is 5.26. The van der Waals surface area contributed by atoms with Gasteiger partial charge in [-0.05, 0) is 66.9 Å². The molecule has 0 spiro atoms. The van der Waals surface area contributed by atoms with Gasteiger partial charge in [-0.2, -0.15) is 17.9 Å². The summed E-state index contributed by atoms with van der Waals surface area (Å²) in [5.74, 6) is 0.291. The molecule has 1 aromatic heterocycles. The molecule has 1 heterocycles. The second kappa shape index (κ2) is 7.85. The summed E-state index contributed by atoms with van der Waals surface area (Å²) in [7, 11) is 0. The lowest BCUT2D eigenvalue weighted by molar-refractivity contribution is -0.137. The Kier molecular flexibility index (Phi) is 5.60. The highest BCUT2D eigenvalue weighted by atomic mass is 19.4. The van der Waals surface area contributed by atoms with Crippen LogP contribution in [0, 0.1) is 18.8 Å². The highest BCUT2D eigenvalue weighted by Gasteiger charge is 2.41. The van der Waals surface area contributed by atoms with E-state index in [2.05, 4.69) is 20.8 Å². The first kappa shape index (κ1) is 21.4. The van der Waals surface area contributed by atoms with E-state index in [0.29, 0.717) is 12.2 Å². The van der Waals surface area contributed by atoms with E-state index in [-0.39, 0.29) is 5.69 Å². The summed E-state index contributed by atoms with van der Waals surface area (Å²) in [6.07, 6.45) is -4.24. The molecule has 0 N–H and O–H groups in total. The predicted octanol–water partition coefficient (Wildman–Crippen LogP) is 5.11. The molecule has 0 saturated heterocycles. The number of halogens is 3. The Labute approximate surface area is 171 Å². The molecule has 0 fully saturated rings. The maximum absolute atomic E-state index is 13.2. The van der Waals surface area contributed by atoms with Crippen LogP contribution in [0.4, 0.5) is 18.9 Å². The van der Waals surface area contributed by atoms with Gasteiger partial charge >= 0.3 is 6.18 Å². The summed E-state index contributed by atoms with van der Waals surface area (Å²) in [6.45, 7) is 7.26. The Morgan fingerprint density at radius 1 is 1.10 bits per heavy atom. The highest BCUT2D eigenvalue weighted by Crippen LogP contribution is 2.38. The van der Waals surface area contributed by atoms with E-state index in [0.717, 1.165) is 34.0 Å². The molecular weight excluding hydrogens is 397 g/mol. The third-order valence-electron chi connectivity index (χ3n) is 5.26. The molecule has 1 atom stereocenters. The van der Waals surface area contributed by atoms with Gasteiger partial charge in [0.25, 0.3) is 0 Å². The van der Waals surface area contributed by atoms with Gasteiger partial charge in [-0.1, -0.05) is 31.2 Å². The number of aromatic nitrogens is 4. The SMILES string of the molecule is CC[C@@](C)(c1nnnn1-c1c(C)cccc1C)N(N=O)c1cccc(C(F)(F)F)c1. The van der Waals surface area contributed by atoms with Crippen molar-refractivity contribution in [3.63, 3.8) is 0 Å². The number of hydrogen-bond acceptors (Lipinski definition) is 5. The van der Waals surface area contributed by atoms with Crippen molar-refractivity contribution in [3.05, 3.63) is 69.9 Å². The van der Waals surface area contributed by atoms with Crippen molar-refractivity contribution in [2.24, 2.45) is 5.29 Å². The van der Waals surface area contributed by atoms with E-state index in [1.165, 1.54) is 16.8 Å². The zero-order valence-corrected chi connectivity index (χ0v) is 17.0. The fourth-order valence-electron chi connectivity index (χ4n) is 3.45. The minimum Gasteiger partial charge on any atom is -0.216 e. The summed E-state index contributed by atoms with van der Waals surface area (Å²) in [6, 6.07) is 10.2. The summed E-state index contributed by atoms with van der Waals surface area (Å²) < 4.78 is 41.1. The summed E-state index contributed by atoms with van der Waals surface area (Å²) in [5, 5.41) is 16.1. The van der Waals surface area contributed by atoms with Crippen LogP contribution in [0.2, 0.25) is 0 Å². The van der Waals surface area contributed by atoms with Crippen LogP contribution >= 0.6 is 0 Å². The van der Waals surface area contributed by atoms with Crippen LogP contribution in [0.25, 0.3) is 5.69 Å². The van der Waals surface area contributed by atoms with Crippen LogP contribution in [-0.2, 0) is 11.7 Å². The Morgan fingerprint density at radius 3 is 2.30 bits per heavy atom. The van der Waals surface area contributed by atoms with Crippen molar-refractivity contribution in [2.75, 3.05) is 5.01 Å². The van der Waals surface area contributed by atoms with Gasteiger partial charge in [0.05, 0.1) is 22.2 Å². The van der Waals surface area contributed by atoms with Gasteiger partial charge in [-0.3, -0.25) is 0 Å². The summed E-state index contributed by atoms with van der Waals surface area (Å²) in [5.41, 5.74) is 0.483. The van der Waals surface area contributed by atoms with Crippen molar-refractivity contribution in [1.29, 1.82) is 0 Å². The Hall–Kier alpha value is -3.30. The van der Waals surface area contributed by atoms with Crippen LogP contribution < -0.4 is 5.01 Å². The fraction of sp³-hybridized carbons (Fsp3) is 0.350. The molecule has 0 aliphatic heterocycles. The van der Waals surface area contributed by atoms with Crippen LogP contribution in [0.3, 0.4) is 0 Å². The number of anilines is 1. The molecule has 0 amide bonds. The molecule has 10 heteroatoms. The number of alkyl halides is 3. The normalized spacial score (nSPS) is 13.7. The van der Waals surface area contributed by atoms with Crippen LogP contribution in [0.5, 0.6) is 0 Å². The maximum atomic E-state index is 13.2. The molecule has 0 saturated carbocycles. The quantitative estimate of drug-likeness (QED) is 0.411. The number of tetrazole rings is 1. The van der Waals surface area contributed by atoms with E-state index < -0.39 is 17.3 Å². The highest BCUT2D eigenvalue weighted by molar-refractivity contribution is 5.53. The predicted molar refractivity (Wildman–Crippen MR) is 106 cm³/mol. The van der Waals surface area contributed by atoms with E-state index in [4.69, 9.17) is 0 Å².